The summed E-state index contributed by atoms with van der Waals surface area (Å²) in [6.45, 7) is -5.82. The first-order chi connectivity index (χ1) is 12.0. The highest BCUT2D eigenvalue weighted by Crippen LogP contribution is 2.40. The van der Waals surface area contributed by atoms with Crippen LogP contribution in [0.25, 0.3) is 0 Å². The zero-order valence-corrected chi connectivity index (χ0v) is 13.2. The summed E-state index contributed by atoms with van der Waals surface area (Å²) in [6, 6.07) is 7.02. The maximum Gasteiger partial charge on any atom is 0.118 e. The van der Waals surface area contributed by atoms with Crippen molar-refractivity contribution in [2.24, 2.45) is 0 Å². The van der Waals surface area contributed by atoms with Crippen molar-refractivity contribution in [2.75, 3.05) is 27.6 Å². The fourth-order valence-corrected chi connectivity index (χ4v) is 3.12. The number of halogens is 1. The summed E-state index contributed by atoms with van der Waals surface area (Å²) in [5.74, 6) is 0.0289. The van der Waals surface area contributed by atoms with Gasteiger partial charge in [-0.25, -0.2) is 0 Å². The van der Waals surface area contributed by atoms with Crippen LogP contribution in [0.5, 0.6) is 5.75 Å². The van der Waals surface area contributed by atoms with Crippen LogP contribution in [0.15, 0.2) is 24.3 Å². The van der Waals surface area contributed by atoms with E-state index >= 15 is 0 Å². The Labute approximate surface area is 143 Å². The molecule has 0 heterocycles. The maximum absolute atomic E-state index is 11.3. The molecule has 1 aromatic rings. The first-order valence-corrected chi connectivity index (χ1v) is 7.11. The highest BCUT2D eigenvalue weighted by atomic mass is 35.5. The highest BCUT2D eigenvalue weighted by Gasteiger charge is 2.38. The van der Waals surface area contributed by atoms with Gasteiger partial charge in [-0.05, 0) is 44.5 Å². The van der Waals surface area contributed by atoms with E-state index in [-0.39, 0.29) is 19.0 Å². The quantitative estimate of drug-likeness (QED) is 0.902. The van der Waals surface area contributed by atoms with Gasteiger partial charge in [0, 0.05) is 20.7 Å². The monoisotopic (exact) mass is 319 g/mol. The number of benzene rings is 1. The zero-order chi connectivity index (χ0) is 19.6. The Bertz CT molecular complexity index is 571. The minimum Gasteiger partial charge on any atom is -0.497 e. The molecule has 3 nitrogen and oxygen atoms in total. The summed E-state index contributed by atoms with van der Waals surface area (Å²) in [5.41, 5.74) is -0.407. The molecular weight excluding hydrogens is 286 g/mol. The smallest absolute Gasteiger partial charge is 0.118 e. The average molecular weight is 320 g/mol. The lowest BCUT2D eigenvalue weighted by Gasteiger charge is -2.40. The molecule has 1 aliphatic rings. The predicted octanol–water partition coefficient (Wildman–Crippen LogP) is 3.46. The van der Waals surface area contributed by atoms with Crippen molar-refractivity contribution in [2.45, 2.75) is 43.6 Å². The van der Waals surface area contributed by atoms with Gasteiger partial charge in [-0.3, -0.25) is 0 Å². The van der Waals surface area contributed by atoms with Gasteiger partial charge >= 0.3 is 0 Å². The van der Waals surface area contributed by atoms with E-state index < -0.39 is 25.5 Å². The molecule has 0 saturated heterocycles. The number of likely N-dealkylation sites (N-methyl/N-ethyl adjacent to an activating group) is 1. The molecule has 120 valence electrons. The molecule has 1 N–H and O–H groups in total. The third kappa shape index (κ3) is 4.60. The number of ether oxygens (including phenoxy) is 1. The molecule has 0 bridgehead atoms. The Balaban J connectivity index is 0.00000364. The van der Waals surface area contributed by atoms with E-state index in [0.29, 0.717) is 29.1 Å². The van der Waals surface area contributed by atoms with Gasteiger partial charge in [0.1, 0.15) is 5.75 Å². The minimum atomic E-state index is -2.78. The summed E-state index contributed by atoms with van der Waals surface area (Å²) in [6.07, 6.45) is 3.74. The van der Waals surface area contributed by atoms with Gasteiger partial charge in [0.15, 0.2) is 0 Å². The maximum atomic E-state index is 11.3. The molecule has 4 heteroatoms. The fourth-order valence-electron chi connectivity index (χ4n) is 3.12. The second kappa shape index (κ2) is 8.02. The number of aliphatic hydroxyl groups is 1. The molecular formula is C17H28ClNO2. The molecule has 0 amide bonds. The van der Waals surface area contributed by atoms with Gasteiger partial charge in [-0.15, -0.1) is 12.4 Å². The van der Waals surface area contributed by atoms with Crippen molar-refractivity contribution in [3.63, 3.8) is 0 Å². The van der Waals surface area contributed by atoms with Gasteiger partial charge < -0.3 is 14.7 Å². The first-order valence-electron chi connectivity index (χ1n) is 10.1. The SMILES string of the molecule is Cl.[2H]C([2H])([2H])N(C[C@@H](c1ccc(OC)cc1)C1(O)CCCCC1)C([2H])([2H])[2H]. The average Bonchev–Trinajstić information content (AvgIpc) is 2.53. The summed E-state index contributed by atoms with van der Waals surface area (Å²) in [7, 11) is 1.55. The summed E-state index contributed by atoms with van der Waals surface area (Å²) < 4.78 is 51.0. The van der Waals surface area contributed by atoms with Crippen LogP contribution in [0, 0.1) is 0 Å². The van der Waals surface area contributed by atoms with Crippen LogP contribution in [0.3, 0.4) is 0 Å². The molecule has 0 aliphatic heterocycles. The zero-order valence-electron chi connectivity index (χ0n) is 18.3. The molecule has 1 aromatic carbocycles. The van der Waals surface area contributed by atoms with Gasteiger partial charge in [-0.1, -0.05) is 31.4 Å². The topological polar surface area (TPSA) is 32.7 Å². The van der Waals surface area contributed by atoms with Crippen molar-refractivity contribution in [3.05, 3.63) is 29.8 Å². The first kappa shape index (κ1) is 10.9. The van der Waals surface area contributed by atoms with Gasteiger partial charge in [-0.2, -0.15) is 0 Å². The van der Waals surface area contributed by atoms with Crippen molar-refractivity contribution in [3.8, 4) is 5.75 Å². The molecule has 2 rings (SSSR count). The molecule has 0 spiro atoms. The Morgan fingerprint density at radius 1 is 1.24 bits per heavy atom. The van der Waals surface area contributed by atoms with Gasteiger partial charge in [0.25, 0.3) is 0 Å². The van der Waals surface area contributed by atoms with Crippen LogP contribution in [0.2, 0.25) is 0 Å². The Morgan fingerprint density at radius 3 is 2.38 bits per heavy atom. The second-order valence-electron chi connectivity index (χ2n) is 5.60. The summed E-state index contributed by atoms with van der Waals surface area (Å²) in [5, 5.41) is 11.3. The normalized spacial score (nSPS) is 24.3. The third-order valence-corrected chi connectivity index (χ3v) is 4.25. The van der Waals surface area contributed by atoms with Crippen LogP contribution < -0.4 is 4.74 Å². The molecule has 1 fully saturated rings. The molecule has 0 unspecified atom stereocenters. The van der Waals surface area contributed by atoms with E-state index in [9.17, 15) is 5.11 Å². The van der Waals surface area contributed by atoms with E-state index in [0.717, 1.165) is 19.3 Å². The minimum absolute atomic E-state index is 0. The third-order valence-electron chi connectivity index (χ3n) is 4.25. The molecule has 1 atom stereocenters. The predicted molar refractivity (Wildman–Crippen MR) is 89.6 cm³/mol. The fraction of sp³-hybridized carbons (Fsp3) is 0.647. The van der Waals surface area contributed by atoms with E-state index in [1.807, 2.05) is 0 Å². The molecule has 0 aromatic heterocycles. The number of hydrogen-bond acceptors (Lipinski definition) is 3. The second-order valence-corrected chi connectivity index (χ2v) is 5.60. The lowest BCUT2D eigenvalue weighted by Crippen LogP contribution is -2.42. The van der Waals surface area contributed by atoms with Crippen LogP contribution in [0.1, 0.15) is 51.8 Å². The Morgan fingerprint density at radius 2 is 1.86 bits per heavy atom. The Hall–Kier alpha value is -0.770. The van der Waals surface area contributed by atoms with Gasteiger partial charge in [0.05, 0.1) is 12.7 Å². The van der Waals surface area contributed by atoms with Crippen molar-refractivity contribution >= 4 is 12.4 Å². The Kier molecular flexibility index (Phi) is 4.15. The molecule has 21 heavy (non-hydrogen) atoms. The summed E-state index contributed by atoms with van der Waals surface area (Å²) >= 11 is 0. The number of nitrogens with zero attached hydrogens (tertiary/aromatic N) is 1. The largest absolute Gasteiger partial charge is 0.497 e. The van der Waals surface area contributed by atoms with Crippen molar-refractivity contribution in [1.29, 1.82) is 0 Å². The van der Waals surface area contributed by atoms with Crippen molar-refractivity contribution < 1.29 is 18.1 Å². The number of rotatable bonds is 5. The van der Waals surface area contributed by atoms with E-state index in [4.69, 9.17) is 13.0 Å². The van der Waals surface area contributed by atoms with Crippen molar-refractivity contribution in [1.82, 2.24) is 4.90 Å². The van der Waals surface area contributed by atoms with Gasteiger partial charge in [0.2, 0.25) is 0 Å². The van der Waals surface area contributed by atoms with E-state index in [1.165, 1.54) is 0 Å². The van der Waals surface area contributed by atoms with Crippen LogP contribution in [-0.4, -0.2) is 43.2 Å². The number of hydrogen-bond donors (Lipinski definition) is 1. The molecule has 0 radical (unpaired) electrons. The van der Waals surface area contributed by atoms with Crippen LogP contribution in [0.4, 0.5) is 0 Å². The van der Waals surface area contributed by atoms with E-state index in [1.54, 1.807) is 31.4 Å². The lowest BCUT2D eigenvalue weighted by atomic mass is 9.72. The van der Waals surface area contributed by atoms with Crippen LogP contribution in [-0.2, 0) is 0 Å². The summed E-state index contributed by atoms with van der Waals surface area (Å²) in [4.78, 5) is 0.543. The lowest BCUT2D eigenvalue weighted by molar-refractivity contribution is -0.0277. The number of methoxy groups -OCH3 is 1. The molecule has 1 saturated carbocycles. The highest BCUT2D eigenvalue weighted by molar-refractivity contribution is 5.85. The standard InChI is InChI=1S/C17H27NO2.ClH/c1-18(2)13-16(17(19)11-5-4-6-12-17)14-7-9-15(20-3)10-8-14;/h7-10,16,19H,4-6,11-13H2,1-3H3;1H/t16-;/m0./s1/i1D3,2D3;. The molecule has 1 aliphatic carbocycles. The van der Waals surface area contributed by atoms with Crippen LogP contribution >= 0.6 is 12.4 Å². The van der Waals surface area contributed by atoms with E-state index in [2.05, 4.69) is 0 Å².